The smallest absolute Gasteiger partial charge is 0.239 e. The minimum Gasteiger partial charge on any atom is -0.491 e. The molecule has 0 aliphatic heterocycles. The lowest BCUT2D eigenvalue weighted by Crippen LogP contribution is -2.32. The topological polar surface area (TPSA) is 59.6 Å². The molecule has 0 spiro atoms. The lowest BCUT2D eigenvalue weighted by atomic mass is 10.1. The minimum absolute atomic E-state index is 0.0243. The highest BCUT2D eigenvalue weighted by molar-refractivity contribution is 5.81. The summed E-state index contributed by atoms with van der Waals surface area (Å²) >= 11 is 0. The highest BCUT2D eigenvalue weighted by Crippen LogP contribution is 2.17. The van der Waals surface area contributed by atoms with Crippen LogP contribution in [0.1, 0.15) is 25.5 Å². The van der Waals surface area contributed by atoms with Crippen LogP contribution in [-0.2, 0) is 9.53 Å². The molecule has 0 saturated heterocycles. The Morgan fingerprint density at radius 2 is 1.88 bits per heavy atom. The molecular weight excluding hydrogens is 316 g/mol. The first kappa shape index (κ1) is 18.8. The fourth-order valence-corrected chi connectivity index (χ4v) is 2.36. The molecule has 2 N–H and O–H groups in total. The zero-order valence-corrected chi connectivity index (χ0v) is 14.8. The van der Waals surface area contributed by atoms with Gasteiger partial charge in [0.15, 0.2) is 0 Å². The van der Waals surface area contributed by atoms with Crippen LogP contribution in [0, 0.1) is 0 Å². The molecule has 1 amide bonds. The van der Waals surface area contributed by atoms with Crippen LogP contribution >= 0.6 is 0 Å². The molecule has 0 aromatic heterocycles. The van der Waals surface area contributed by atoms with Crippen LogP contribution in [0.2, 0.25) is 0 Å². The van der Waals surface area contributed by atoms with E-state index in [0.717, 1.165) is 17.0 Å². The van der Waals surface area contributed by atoms with E-state index in [0.29, 0.717) is 19.8 Å². The lowest BCUT2D eigenvalue weighted by molar-refractivity contribution is -0.120. The molecule has 0 bridgehead atoms. The fourth-order valence-electron chi connectivity index (χ4n) is 2.36. The minimum atomic E-state index is -0.0565. The predicted molar refractivity (Wildman–Crippen MR) is 99.9 cm³/mol. The van der Waals surface area contributed by atoms with Crippen molar-refractivity contribution in [1.29, 1.82) is 0 Å². The number of anilines is 1. The van der Waals surface area contributed by atoms with Crippen molar-refractivity contribution in [2.45, 2.75) is 19.9 Å². The molecule has 1 atom stereocenters. The van der Waals surface area contributed by atoms with E-state index in [2.05, 4.69) is 10.6 Å². The van der Waals surface area contributed by atoms with E-state index >= 15 is 0 Å². The normalized spacial score (nSPS) is 11.6. The Morgan fingerprint density at radius 3 is 2.64 bits per heavy atom. The summed E-state index contributed by atoms with van der Waals surface area (Å²) in [7, 11) is 0. The van der Waals surface area contributed by atoms with Crippen LogP contribution < -0.4 is 15.4 Å². The maximum absolute atomic E-state index is 12.1. The van der Waals surface area contributed by atoms with Crippen LogP contribution in [-0.4, -0.2) is 32.3 Å². The Morgan fingerprint density at radius 1 is 1.08 bits per heavy atom. The second kappa shape index (κ2) is 10.4. The van der Waals surface area contributed by atoms with Crippen molar-refractivity contribution in [3.05, 3.63) is 60.2 Å². The number of amides is 1. The third-order valence-electron chi connectivity index (χ3n) is 3.66. The summed E-state index contributed by atoms with van der Waals surface area (Å²) in [5.41, 5.74) is 1.93. The average Bonchev–Trinajstić information content (AvgIpc) is 2.65. The van der Waals surface area contributed by atoms with Crippen molar-refractivity contribution in [2.75, 3.05) is 31.7 Å². The number of nitrogens with one attached hydrogen (secondary N) is 2. The van der Waals surface area contributed by atoms with Crippen molar-refractivity contribution in [1.82, 2.24) is 5.32 Å². The SMILES string of the molecule is CCOCCOc1cccc(NCC(=O)NC(C)c2ccccc2)c1. The van der Waals surface area contributed by atoms with Gasteiger partial charge >= 0.3 is 0 Å². The van der Waals surface area contributed by atoms with Gasteiger partial charge in [-0.2, -0.15) is 0 Å². The van der Waals surface area contributed by atoms with Gasteiger partial charge in [-0.05, 0) is 31.5 Å². The number of hydrogen-bond acceptors (Lipinski definition) is 4. The molecule has 0 heterocycles. The summed E-state index contributed by atoms with van der Waals surface area (Å²) in [5.74, 6) is 0.696. The third-order valence-corrected chi connectivity index (χ3v) is 3.66. The van der Waals surface area contributed by atoms with Crippen LogP contribution in [0.15, 0.2) is 54.6 Å². The van der Waals surface area contributed by atoms with Crippen LogP contribution in [0.4, 0.5) is 5.69 Å². The quantitative estimate of drug-likeness (QED) is 0.650. The second-order valence-corrected chi connectivity index (χ2v) is 5.63. The Hall–Kier alpha value is -2.53. The van der Waals surface area contributed by atoms with E-state index in [1.165, 1.54) is 0 Å². The Balaban J connectivity index is 1.77. The van der Waals surface area contributed by atoms with Crippen LogP contribution in [0.25, 0.3) is 0 Å². The van der Waals surface area contributed by atoms with E-state index in [1.54, 1.807) is 0 Å². The summed E-state index contributed by atoms with van der Waals surface area (Å²) in [4.78, 5) is 12.1. The van der Waals surface area contributed by atoms with Gasteiger partial charge in [0.1, 0.15) is 12.4 Å². The maximum atomic E-state index is 12.1. The lowest BCUT2D eigenvalue weighted by Gasteiger charge is -2.15. The summed E-state index contributed by atoms with van der Waals surface area (Å²) in [5, 5.41) is 6.10. The zero-order chi connectivity index (χ0) is 17.9. The number of benzene rings is 2. The molecule has 0 fully saturated rings. The van der Waals surface area contributed by atoms with E-state index in [4.69, 9.17) is 9.47 Å². The first-order valence-corrected chi connectivity index (χ1v) is 8.58. The molecule has 0 saturated carbocycles. The standard InChI is InChI=1S/C20H26N2O3/c1-3-24-12-13-25-19-11-7-10-18(14-19)21-15-20(23)22-16(2)17-8-5-4-6-9-17/h4-11,14,16,21H,3,12-13,15H2,1-2H3,(H,22,23). The summed E-state index contributed by atoms with van der Waals surface area (Å²) in [6.45, 7) is 5.88. The van der Waals surface area contributed by atoms with Crippen LogP contribution in [0.3, 0.4) is 0 Å². The van der Waals surface area contributed by atoms with Gasteiger partial charge in [0, 0.05) is 18.4 Å². The van der Waals surface area contributed by atoms with Gasteiger partial charge in [-0.15, -0.1) is 0 Å². The van der Waals surface area contributed by atoms with Gasteiger partial charge in [-0.25, -0.2) is 0 Å². The zero-order valence-electron chi connectivity index (χ0n) is 14.8. The summed E-state index contributed by atoms with van der Waals surface area (Å²) < 4.78 is 10.9. The van der Waals surface area contributed by atoms with Crippen molar-refractivity contribution in [3.63, 3.8) is 0 Å². The maximum Gasteiger partial charge on any atom is 0.239 e. The number of carbonyl (C=O) groups excluding carboxylic acids is 1. The first-order valence-electron chi connectivity index (χ1n) is 8.58. The predicted octanol–water partition coefficient (Wildman–Crippen LogP) is 3.39. The van der Waals surface area contributed by atoms with Gasteiger partial charge < -0.3 is 20.1 Å². The van der Waals surface area contributed by atoms with Gasteiger partial charge in [0.2, 0.25) is 5.91 Å². The molecule has 134 valence electrons. The Bertz CT molecular complexity index is 646. The number of hydrogen-bond donors (Lipinski definition) is 2. The average molecular weight is 342 g/mol. The Labute approximate surface area is 149 Å². The van der Waals surface area contributed by atoms with Gasteiger partial charge in [-0.1, -0.05) is 36.4 Å². The molecule has 1 unspecified atom stereocenters. The molecular formula is C20H26N2O3. The fraction of sp³-hybridized carbons (Fsp3) is 0.350. The molecule has 5 heteroatoms. The molecule has 25 heavy (non-hydrogen) atoms. The largest absolute Gasteiger partial charge is 0.491 e. The molecule has 0 aliphatic carbocycles. The number of rotatable bonds is 10. The van der Waals surface area contributed by atoms with E-state index in [-0.39, 0.29) is 18.5 Å². The van der Waals surface area contributed by atoms with Crippen molar-refractivity contribution in [2.24, 2.45) is 0 Å². The monoisotopic (exact) mass is 342 g/mol. The van der Waals surface area contributed by atoms with Gasteiger partial charge in [-0.3, -0.25) is 4.79 Å². The third kappa shape index (κ3) is 6.85. The van der Waals surface area contributed by atoms with Crippen LogP contribution in [0.5, 0.6) is 5.75 Å². The molecule has 0 radical (unpaired) electrons. The van der Waals surface area contributed by atoms with Crippen molar-refractivity contribution < 1.29 is 14.3 Å². The van der Waals surface area contributed by atoms with Gasteiger partial charge in [0.05, 0.1) is 19.2 Å². The highest BCUT2D eigenvalue weighted by atomic mass is 16.5. The van der Waals surface area contributed by atoms with E-state index < -0.39 is 0 Å². The summed E-state index contributed by atoms with van der Waals surface area (Å²) in [6.07, 6.45) is 0. The number of carbonyl (C=O) groups is 1. The van der Waals surface area contributed by atoms with E-state index in [9.17, 15) is 4.79 Å². The molecule has 2 aromatic rings. The second-order valence-electron chi connectivity index (χ2n) is 5.63. The summed E-state index contributed by atoms with van der Waals surface area (Å²) in [6, 6.07) is 17.4. The van der Waals surface area contributed by atoms with E-state index in [1.807, 2.05) is 68.4 Å². The molecule has 2 aromatic carbocycles. The van der Waals surface area contributed by atoms with Gasteiger partial charge in [0.25, 0.3) is 0 Å². The molecule has 0 aliphatic rings. The van der Waals surface area contributed by atoms with Crippen molar-refractivity contribution in [3.8, 4) is 5.75 Å². The molecule has 5 nitrogen and oxygen atoms in total. The molecule has 2 rings (SSSR count). The highest BCUT2D eigenvalue weighted by Gasteiger charge is 2.09. The first-order chi connectivity index (χ1) is 12.2. The van der Waals surface area contributed by atoms with Crippen molar-refractivity contribution >= 4 is 11.6 Å². The Kier molecular flexibility index (Phi) is 7.79. The number of ether oxygens (including phenoxy) is 2.